The molecule has 0 spiro atoms. The molecule has 0 aliphatic carbocycles. The molecule has 10 heavy (non-hydrogen) atoms. The Hall–Kier alpha value is -0.570. The smallest absolute Gasteiger partial charge is 0.235 e. The number of carbonyl (C=O) groups is 1. The summed E-state index contributed by atoms with van der Waals surface area (Å²) in [5.74, 6) is 0.126. The lowest BCUT2D eigenvalue weighted by Crippen LogP contribution is -2.31. The first-order chi connectivity index (χ1) is 4.83. The van der Waals surface area contributed by atoms with Gasteiger partial charge in [0, 0.05) is 0 Å². The van der Waals surface area contributed by atoms with Crippen LogP contribution in [0.5, 0.6) is 0 Å². The van der Waals surface area contributed by atoms with Crippen molar-refractivity contribution in [1.29, 1.82) is 0 Å². The number of amides is 1. The highest BCUT2D eigenvalue weighted by Gasteiger charge is 2.17. The lowest BCUT2D eigenvalue weighted by molar-refractivity contribution is -0.118. The van der Waals surface area contributed by atoms with E-state index in [1.165, 1.54) is 12.8 Å². The summed E-state index contributed by atoms with van der Waals surface area (Å²) in [5, 5.41) is 5.92. The van der Waals surface area contributed by atoms with Crippen LogP contribution in [-0.4, -0.2) is 18.6 Å². The molecule has 0 aromatic rings. The molecule has 1 saturated heterocycles. The van der Waals surface area contributed by atoms with E-state index in [1.54, 1.807) is 0 Å². The molecule has 1 amide bonds. The van der Waals surface area contributed by atoms with E-state index in [9.17, 15) is 4.79 Å². The highest BCUT2D eigenvalue weighted by atomic mass is 16.2. The van der Waals surface area contributed by atoms with Crippen LogP contribution in [0.4, 0.5) is 0 Å². The van der Waals surface area contributed by atoms with Gasteiger partial charge in [0.05, 0.1) is 12.7 Å². The van der Waals surface area contributed by atoms with E-state index in [0.29, 0.717) is 6.54 Å². The van der Waals surface area contributed by atoms with Crippen LogP contribution in [-0.2, 0) is 4.79 Å². The first kappa shape index (κ1) is 7.54. The third-order valence-corrected chi connectivity index (χ3v) is 1.69. The molecule has 0 radical (unpaired) electrons. The molecule has 1 aliphatic rings. The van der Waals surface area contributed by atoms with Crippen LogP contribution in [0.2, 0.25) is 0 Å². The van der Waals surface area contributed by atoms with Crippen molar-refractivity contribution in [2.45, 2.75) is 32.4 Å². The van der Waals surface area contributed by atoms with Crippen LogP contribution in [0.15, 0.2) is 0 Å². The number of hydrogen-bond donors (Lipinski definition) is 2. The zero-order valence-electron chi connectivity index (χ0n) is 6.31. The second kappa shape index (κ2) is 3.56. The van der Waals surface area contributed by atoms with E-state index in [-0.39, 0.29) is 12.1 Å². The average molecular weight is 142 g/mol. The van der Waals surface area contributed by atoms with Gasteiger partial charge >= 0.3 is 0 Å². The molecule has 3 heteroatoms. The standard InChI is InChI=1S/C7H14N2O/c1-2-3-4-6-8-5-7(10)9-6/h6,8H,2-5H2,1H3,(H,9,10). The minimum atomic E-state index is 0.126. The minimum absolute atomic E-state index is 0.126. The number of nitrogens with one attached hydrogen (secondary N) is 2. The first-order valence-corrected chi connectivity index (χ1v) is 3.85. The van der Waals surface area contributed by atoms with Crippen molar-refractivity contribution < 1.29 is 4.79 Å². The summed E-state index contributed by atoms with van der Waals surface area (Å²) in [6, 6.07) is 0. The Morgan fingerprint density at radius 2 is 2.50 bits per heavy atom. The molecule has 3 nitrogen and oxygen atoms in total. The van der Waals surface area contributed by atoms with Gasteiger partial charge in [0.1, 0.15) is 0 Å². The predicted molar refractivity (Wildman–Crippen MR) is 39.5 cm³/mol. The Morgan fingerprint density at radius 3 is 3.00 bits per heavy atom. The summed E-state index contributed by atoms with van der Waals surface area (Å²) in [5.41, 5.74) is 0. The van der Waals surface area contributed by atoms with E-state index in [1.807, 2.05) is 0 Å². The van der Waals surface area contributed by atoms with Crippen molar-refractivity contribution in [3.05, 3.63) is 0 Å². The third-order valence-electron chi connectivity index (χ3n) is 1.69. The molecular formula is C7H14N2O. The van der Waals surface area contributed by atoms with Gasteiger partial charge < -0.3 is 5.32 Å². The fraction of sp³-hybridized carbons (Fsp3) is 0.857. The second-order valence-corrected chi connectivity index (χ2v) is 2.64. The van der Waals surface area contributed by atoms with Gasteiger partial charge in [0.25, 0.3) is 0 Å². The number of hydrogen-bond acceptors (Lipinski definition) is 2. The third kappa shape index (κ3) is 1.99. The molecule has 58 valence electrons. The second-order valence-electron chi connectivity index (χ2n) is 2.64. The Morgan fingerprint density at radius 1 is 1.70 bits per heavy atom. The van der Waals surface area contributed by atoms with Crippen molar-refractivity contribution in [3.8, 4) is 0 Å². The molecule has 2 N–H and O–H groups in total. The van der Waals surface area contributed by atoms with E-state index < -0.39 is 0 Å². The zero-order chi connectivity index (χ0) is 7.40. The van der Waals surface area contributed by atoms with E-state index >= 15 is 0 Å². The van der Waals surface area contributed by atoms with Crippen molar-refractivity contribution in [1.82, 2.24) is 10.6 Å². The zero-order valence-corrected chi connectivity index (χ0v) is 6.31. The highest BCUT2D eigenvalue weighted by Crippen LogP contribution is 2.00. The molecule has 1 unspecified atom stereocenters. The first-order valence-electron chi connectivity index (χ1n) is 3.85. The topological polar surface area (TPSA) is 41.1 Å². The fourth-order valence-corrected chi connectivity index (χ4v) is 1.09. The van der Waals surface area contributed by atoms with Gasteiger partial charge in [-0.05, 0) is 6.42 Å². The Labute approximate surface area is 61.2 Å². The molecule has 1 rings (SSSR count). The Bertz CT molecular complexity index is 125. The van der Waals surface area contributed by atoms with Crippen LogP contribution < -0.4 is 10.6 Å². The SMILES string of the molecule is CCCCC1NCC(=O)N1. The molecule has 0 bridgehead atoms. The largest absolute Gasteiger partial charge is 0.340 e. The summed E-state index contributed by atoms with van der Waals surface area (Å²) in [6.45, 7) is 2.64. The van der Waals surface area contributed by atoms with E-state index in [2.05, 4.69) is 17.6 Å². The van der Waals surface area contributed by atoms with Crippen molar-refractivity contribution in [3.63, 3.8) is 0 Å². The van der Waals surface area contributed by atoms with Crippen LogP contribution in [0, 0.1) is 0 Å². The quantitative estimate of drug-likeness (QED) is 0.592. The molecular weight excluding hydrogens is 128 g/mol. The number of carbonyl (C=O) groups excluding carboxylic acids is 1. The molecule has 1 atom stereocenters. The Balaban J connectivity index is 2.12. The molecule has 0 saturated carbocycles. The summed E-state index contributed by atoms with van der Waals surface area (Å²) in [7, 11) is 0. The van der Waals surface area contributed by atoms with Crippen molar-refractivity contribution in [2.75, 3.05) is 6.54 Å². The van der Waals surface area contributed by atoms with Crippen molar-refractivity contribution >= 4 is 5.91 Å². The van der Waals surface area contributed by atoms with Crippen LogP contribution >= 0.6 is 0 Å². The molecule has 1 aliphatic heterocycles. The van der Waals surface area contributed by atoms with Crippen LogP contribution in [0.25, 0.3) is 0 Å². The monoisotopic (exact) mass is 142 g/mol. The predicted octanol–water partition coefficient (Wildman–Crippen LogP) is 0.222. The fourth-order valence-electron chi connectivity index (χ4n) is 1.09. The molecule has 1 heterocycles. The van der Waals surface area contributed by atoms with Gasteiger partial charge in [-0.25, -0.2) is 0 Å². The number of unbranched alkanes of at least 4 members (excludes halogenated alkanes) is 1. The van der Waals surface area contributed by atoms with Gasteiger partial charge in [-0.1, -0.05) is 19.8 Å². The maximum absolute atomic E-state index is 10.6. The van der Waals surface area contributed by atoms with Gasteiger partial charge in [0.2, 0.25) is 5.91 Å². The summed E-state index contributed by atoms with van der Waals surface area (Å²) in [4.78, 5) is 10.6. The van der Waals surface area contributed by atoms with E-state index in [4.69, 9.17) is 0 Å². The molecule has 0 aromatic carbocycles. The van der Waals surface area contributed by atoms with Crippen LogP contribution in [0.1, 0.15) is 26.2 Å². The minimum Gasteiger partial charge on any atom is -0.340 e. The molecule has 0 aromatic heterocycles. The van der Waals surface area contributed by atoms with Gasteiger partial charge in [0.15, 0.2) is 0 Å². The van der Waals surface area contributed by atoms with Crippen LogP contribution in [0.3, 0.4) is 0 Å². The van der Waals surface area contributed by atoms with E-state index in [0.717, 1.165) is 6.42 Å². The van der Waals surface area contributed by atoms with Gasteiger partial charge in [-0.15, -0.1) is 0 Å². The summed E-state index contributed by atoms with van der Waals surface area (Å²) >= 11 is 0. The number of rotatable bonds is 3. The lowest BCUT2D eigenvalue weighted by Gasteiger charge is -2.07. The van der Waals surface area contributed by atoms with Crippen molar-refractivity contribution in [2.24, 2.45) is 0 Å². The summed E-state index contributed by atoms with van der Waals surface area (Å²) < 4.78 is 0. The average Bonchev–Trinajstić information content (AvgIpc) is 2.31. The maximum Gasteiger partial charge on any atom is 0.235 e. The Kier molecular flexibility index (Phi) is 2.68. The lowest BCUT2D eigenvalue weighted by atomic mass is 10.2. The normalized spacial score (nSPS) is 24.9. The maximum atomic E-state index is 10.6. The highest BCUT2D eigenvalue weighted by molar-refractivity contribution is 5.80. The molecule has 1 fully saturated rings. The van der Waals surface area contributed by atoms with Gasteiger partial charge in [-0.3, -0.25) is 10.1 Å². The summed E-state index contributed by atoms with van der Waals surface area (Å²) in [6.07, 6.45) is 3.67. The van der Waals surface area contributed by atoms with Gasteiger partial charge in [-0.2, -0.15) is 0 Å².